The summed E-state index contributed by atoms with van der Waals surface area (Å²) in [6.07, 6.45) is 2.22. The Hall–Kier alpha value is -3.51. The maximum atomic E-state index is 14.0. The molecule has 0 saturated heterocycles. The highest BCUT2D eigenvalue weighted by atomic mass is 19.1. The lowest BCUT2D eigenvalue weighted by atomic mass is 9.85. The summed E-state index contributed by atoms with van der Waals surface area (Å²) in [6, 6.07) is 14.4. The largest absolute Gasteiger partial charge is 0.496 e. The van der Waals surface area contributed by atoms with Crippen molar-refractivity contribution in [2.24, 2.45) is 5.92 Å². The van der Waals surface area contributed by atoms with Gasteiger partial charge in [0.1, 0.15) is 23.9 Å². The Morgan fingerprint density at radius 1 is 0.946 bits per heavy atom. The fourth-order valence-electron chi connectivity index (χ4n) is 4.66. The Labute approximate surface area is 219 Å². The van der Waals surface area contributed by atoms with Crippen LogP contribution in [0.15, 0.2) is 54.6 Å². The monoisotopic (exact) mass is 505 g/mol. The fourth-order valence-corrected chi connectivity index (χ4v) is 4.66. The minimum Gasteiger partial charge on any atom is -0.496 e. The maximum absolute atomic E-state index is 14.0. The van der Waals surface area contributed by atoms with Crippen molar-refractivity contribution >= 4 is 11.3 Å². The molecule has 196 valence electrons. The topological polar surface area (TPSA) is 49.0 Å². The van der Waals surface area contributed by atoms with Crippen LogP contribution in [0.2, 0.25) is 0 Å². The molecule has 6 heteroatoms. The Morgan fingerprint density at radius 2 is 1.70 bits per heavy atom. The number of anilines is 1. The van der Waals surface area contributed by atoms with Gasteiger partial charge in [-0.3, -0.25) is 0 Å². The van der Waals surface area contributed by atoms with E-state index < -0.39 is 0 Å². The molecular formula is C31H36FNO4. The average Bonchev–Trinajstić information content (AvgIpc) is 2.83. The predicted octanol–water partition coefficient (Wildman–Crippen LogP) is 7.96. The van der Waals surface area contributed by atoms with E-state index in [9.17, 15) is 4.39 Å². The molecule has 1 aliphatic heterocycles. The van der Waals surface area contributed by atoms with E-state index >= 15 is 0 Å². The molecule has 0 saturated carbocycles. The fraction of sp³-hybridized carbons (Fsp3) is 0.355. The number of hydrogen-bond donors (Lipinski definition) is 1. The second-order valence-electron chi connectivity index (χ2n) is 10.5. The van der Waals surface area contributed by atoms with E-state index in [1.807, 2.05) is 25.1 Å². The first-order valence-corrected chi connectivity index (χ1v) is 12.6. The summed E-state index contributed by atoms with van der Waals surface area (Å²) in [7, 11) is 1.64. The zero-order valence-electron chi connectivity index (χ0n) is 22.7. The molecule has 3 aromatic rings. The Balaban J connectivity index is 1.78. The van der Waals surface area contributed by atoms with Crippen LogP contribution in [0, 0.1) is 18.7 Å². The quantitative estimate of drug-likeness (QED) is 0.236. The first-order valence-electron chi connectivity index (χ1n) is 12.6. The molecule has 0 fully saturated rings. The SMILES string of the molecule is COc1cc(OOCC(C)C)ccc1-c1ccc2c(c1COc1cc(F)ccc1C)C(C)=CC(C)(C)N2. The molecule has 0 amide bonds. The van der Waals surface area contributed by atoms with Crippen LogP contribution in [0.5, 0.6) is 17.2 Å². The van der Waals surface area contributed by atoms with Crippen molar-refractivity contribution in [3.05, 3.63) is 77.1 Å². The summed E-state index contributed by atoms with van der Waals surface area (Å²) in [5.41, 5.74) is 6.81. The highest BCUT2D eigenvalue weighted by Crippen LogP contribution is 2.43. The van der Waals surface area contributed by atoms with E-state index in [4.69, 9.17) is 19.2 Å². The molecular weight excluding hydrogens is 469 g/mol. The summed E-state index contributed by atoms with van der Waals surface area (Å²) in [5.74, 6) is 1.77. The molecule has 0 bridgehead atoms. The molecule has 1 N–H and O–H groups in total. The van der Waals surface area contributed by atoms with Crippen LogP contribution in [-0.2, 0) is 11.5 Å². The van der Waals surface area contributed by atoms with Crippen molar-refractivity contribution in [2.75, 3.05) is 19.0 Å². The second kappa shape index (κ2) is 10.9. The zero-order chi connectivity index (χ0) is 26.7. The van der Waals surface area contributed by atoms with Crippen molar-refractivity contribution < 1.29 is 23.6 Å². The third-order valence-electron chi connectivity index (χ3n) is 6.28. The Bertz CT molecular complexity index is 1310. The summed E-state index contributed by atoms with van der Waals surface area (Å²) >= 11 is 0. The number of halogens is 1. The van der Waals surface area contributed by atoms with Gasteiger partial charge >= 0.3 is 0 Å². The van der Waals surface area contributed by atoms with Gasteiger partial charge in [0, 0.05) is 34.5 Å². The highest BCUT2D eigenvalue weighted by molar-refractivity contribution is 5.88. The Morgan fingerprint density at radius 3 is 2.43 bits per heavy atom. The molecule has 0 atom stereocenters. The normalized spacial score (nSPS) is 14.0. The molecule has 0 radical (unpaired) electrons. The number of nitrogens with one attached hydrogen (secondary N) is 1. The summed E-state index contributed by atoms with van der Waals surface area (Å²) < 4.78 is 26.0. The minimum absolute atomic E-state index is 0.178. The van der Waals surface area contributed by atoms with Crippen molar-refractivity contribution in [1.82, 2.24) is 0 Å². The second-order valence-corrected chi connectivity index (χ2v) is 10.5. The van der Waals surface area contributed by atoms with Gasteiger partial charge in [0.15, 0.2) is 5.75 Å². The van der Waals surface area contributed by atoms with Crippen LogP contribution in [0.4, 0.5) is 10.1 Å². The first-order chi connectivity index (χ1) is 17.6. The van der Waals surface area contributed by atoms with E-state index in [2.05, 4.69) is 58.1 Å². The summed E-state index contributed by atoms with van der Waals surface area (Å²) in [6.45, 7) is 13.2. The molecule has 1 aliphatic rings. The molecule has 5 nitrogen and oxygen atoms in total. The average molecular weight is 506 g/mol. The molecule has 0 aliphatic carbocycles. The summed E-state index contributed by atoms with van der Waals surface area (Å²) in [4.78, 5) is 10.8. The zero-order valence-corrected chi connectivity index (χ0v) is 22.7. The standard InChI is InChI=1S/C31H36FNO4/c1-19(2)17-36-37-23-10-11-25(29(15-23)34-7)24-12-13-27-30(21(4)16-31(5,6)33-27)26(24)18-35-28-14-22(32)9-8-20(28)3/h8-16,19,33H,17-18H2,1-7H3. The molecule has 0 aromatic heterocycles. The van der Waals surface area contributed by atoms with Crippen LogP contribution >= 0.6 is 0 Å². The highest BCUT2D eigenvalue weighted by Gasteiger charge is 2.27. The lowest BCUT2D eigenvalue weighted by Gasteiger charge is -2.33. The van der Waals surface area contributed by atoms with Crippen LogP contribution in [0.25, 0.3) is 16.7 Å². The third-order valence-corrected chi connectivity index (χ3v) is 6.28. The van der Waals surface area contributed by atoms with Gasteiger partial charge in [0.2, 0.25) is 0 Å². The van der Waals surface area contributed by atoms with Gasteiger partial charge in [-0.1, -0.05) is 32.1 Å². The molecule has 0 unspecified atom stereocenters. The number of allylic oxidation sites excluding steroid dienone is 1. The molecule has 1 heterocycles. The van der Waals surface area contributed by atoms with Crippen molar-refractivity contribution in [1.29, 1.82) is 0 Å². The lowest BCUT2D eigenvalue weighted by molar-refractivity contribution is -0.214. The predicted molar refractivity (Wildman–Crippen MR) is 147 cm³/mol. The van der Waals surface area contributed by atoms with E-state index in [0.717, 1.165) is 39.1 Å². The van der Waals surface area contributed by atoms with Gasteiger partial charge in [0.25, 0.3) is 0 Å². The first kappa shape index (κ1) is 26.6. The Kier molecular flexibility index (Phi) is 7.79. The maximum Gasteiger partial charge on any atom is 0.169 e. The smallest absolute Gasteiger partial charge is 0.169 e. The van der Waals surface area contributed by atoms with Gasteiger partial charge in [-0.15, -0.1) is 0 Å². The number of ether oxygens (including phenoxy) is 2. The molecule has 0 spiro atoms. The number of benzene rings is 3. The summed E-state index contributed by atoms with van der Waals surface area (Å²) in [5, 5.41) is 3.61. The number of aryl methyl sites for hydroxylation is 1. The van der Waals surface area contributed by atoms with Crippen molar-refractivity contribution in [2.45, 2.75) is 53.7 Å². The number of hydrogen-bond acceptors (Lipinski definition) is 5. The van der Waals surface area contributed by atoms with Crippen LogP contribution in [0.1, 0.15) is 51.3 Å². The van der Waals surface area contributed by atoms with E-state index in [1.165, 1.54) is 12.1 Å². The van der Waals surface area contributed by atoms with Crippen molar-refractivity contribution in [3.63, 3.8) is 0 Å². The number of rotatable bonds is 9. The number of methoxy groups -OCH3 is 1. The van der Waals surface area contributed by atoms with Crippen LogP contribution < -0.4 is 19.7 Å². The molecule has 3 aromatic carbocycles. The van der Waals surface area contributed by atoms with E-state index in [0.29, 0.717) is 29.8 Å². The van der Waals surface area contributed by atoms with E-state index in [-0.39, 0.29) is 18.0 Å². The molecule has 4 rings (SSSR count). The van der Waals surface area contributed by atoms with Gasteiger partial charge in [-0.25, -0.2) is 4.39 Å². The van der Waals surface area contributed by atoms with E-state index in [1.54, 1.807) is 13.2 Å². The lowest BCUT2D eigenvalue weighted by Crippen LogP contribution is -2.32. The van der Waals surface area contributed by atoms with Crippen LogP contribution in [-0.4, -0.2) is 19.3 Å². The van der Waals surface area contributed by atoms with Gasteiger partial charge < -0.3 is 19.7 Å². The number of fused-ring (bicyclic) bond motifs is 1. The van der Waals surface area contributed by atoms with Crippen molar-refractivity contribution in [3.8, 4) is 28.4 Å². The van der Waals surface area contributed by atoms with Crippen LogP contribution in [0.3, 0.4) is 0 Å². The third kappa shape index (κ3) is 6.08. The minimum atomic E-state index is -0.327. The van der Waals surface area contributed by atoms with Gasteiger partial charge in [0.05, 0.1) is 19.3 Å². The van der Waals surface area contributed by atoms with Gasteiger partial charge in [-0.2, -0.15) is 4.89 Å². The van der Waals surface area contributed by atoms with Gasteiger partial charge in [-0.05, 0) is 74.6 Å². The molecule has 37 heavy (non-hydrogen) atoms.